The number of nitrogens with zero attached hydrogens (tertiary/aromatic N) is 1. The molecular formula is C15H20N2OS. The minimum absolute atomic E-state index is 0.0933. The first-order chi connectivity index (χ1) is 9.06. The molecule has 1 unspecified atom stereocenters. The maximum absolute atomic E-state index is 11.2. The Hall–Kier alpha value is -1.29. The smallest absolute Gasteiger partial charge is 0.161 e. The van der Waals surface area contributed by atoms with Gasteiger partial charge in [-0.25, -0.2) is 0 Å². The van der Waals surface area contributed by atoms with Crippen LogP contribution in [0.5, 0.6) is 0 Å². The molecule has 4 heteroatoms. The van der Waals surface area contributed by atoms with E-state index in [1.807, 2.05) is 24.3 Å². The monoisotopic (exact) mass is 276 g/mol. The molecule has 1 N–H and O–H groups in total. The number of hydrogen-bond donors (Lipinski definition) is 1. The van der Waals surface area contributed by atoms with Crippen LogP contribution in [0.15, 0.2) is 29.3 Å². The van der Waals surface area contributed by atoms with Crippen LogP contribution < -0.4 is 5.32 Å². The van der Waals surface area contributed by atoms with Crippen LogP contribution in [0.4, 0.5) is 5.69 Å². The van der Waals surface area contributed by atoms with Gasteiger partial charge in [-0.05, 0) is 43.5 Å². The Bertz CT molecular complexity index is 479. The van der Waals surface area contributed by atoms with Gasteiger partial charge in [-0.15, -0.1) is 0 Å². The van der Waals surface area contributed by atoms with Gasteiger partial charge in [0, 0.05) is 17.0 Å². The number of ketones is 1. The zero-order valence-corrected chi connectivity index (χ0v) is 12.5. The minimum Gasteiger partial charge on any atom is -0.335 e. The molecule has 1 aliphatic heterocycles. The molecule has 1 aliphatic rings. The molecule has 0 aromatic heterocycles. The molecule has 1 heterocycles. The highest BCUT2D eigenvalue weighted by Gasteiger charge is 2.18. The average molecular weight is 276 g/mol. The Morgan fingerprint density at radius 1 is 1.37 bits per heavy atom. The summed E-state index contributed by atoms with van der Waals surface area (Å²) in [6.45, 7) is 6.00. The van der Waals surface area contributed by atoms with Gasteiger partial charge < -0.3 is 5.32 Å². The van der Waals surface area contributed by atoms with E-state index in [-0.39, 0.29) is 5.78 Å². The van der Waals surface area contributed by atoms with Crippen molar-refractivity contribution in [2.45, 2.75) is 33.2 Å². The minimum atomic E-state index is 0.0933. The van der Waals surface area contributed by atoms with E-state index < -0.39 is 0 Å². The summed E-state index contributed by atoms with van der Waals surface area (Å²) in [5.74, 6) is 1.79. The predicted octanol–water partition coefficient (Wildman–Crippen LogP) is 3.82. The van der Waals surface area contributed by atoms with Crippen LogP contribution >= 0.6 is 11.8 Å². The molecule has 1 aromatic carbocycles. The lowest BCUT2D eigenvalue weighted by Crippen LogP contribution is -2.23. The second-order valence-corrected chi connectivity index (χ2v) is 6.22. The SMILES string of the molecule is CC(=O)c1ccc(NC2=NC(C(C)C)CCS2)cc1. The summed E-state index contributed by atoms with van der Waals surface area (Å²) >= 11 is 1.76. The van der Waals surface area contributed by atoms with E-state index in [9.17, 15) is 4.79 Å². The van der Waals surface area contributed by atoms with Crippen molar-refractivity contribution in [2.75, 3.05) is 11.1 Å². The van der Waals surface area contributed by atoms with Crippen molar-refractivity contribution < 1.29 is 4.79 Å². The number of rotatable bonds is 3. The van der Waals surface area contributed by atoms with Crippen molar-refractivity contribution in [3.05, 3.63) is 29.8 Å². The van der Waals surface area contributed by atoms with Gasteiger partial charge in [-0.1, -0.05) is 25.6 Å². The molecule has 0 bridgehead atoms. The van der Waals surface area contributed by atoms with Crippen LogP contribution in [0.25, 0.3) is 0 Å². The normalized spacial score (nSPS) is 19.2. The van der Waals surface area contributed by atoms with Crippen LogP contribution in [-0.2, 0) is 0 Å². The lowest BCUT2D eigenvalue weighted by atomic mass is 10.0. The standard InChI is InChI=1S/C15H20N2OS/c1-10(2)14-8-9-19-15(17-14)16-13-6-4-12(5-7-13)11(3)18/h4-7,10,14H,8-9H2,1-3H3,(H,16,17). The van der Waals surface area contributed by atoms with E-state index in [2.05, 4.69) is 19.2 Å². The highest BCUT2D eigenvalue weighted by molar-refractivity contribution is 8.14. The zero-order chi connectivity index (χ0) is 13.8. The summed E-state index contributed by atoms with van der Waals surface area (Å²) in [5.41, 5.74) is 1.73. The number of carbonyl (C=O) groups is 1. The van der Waals surface area contributed by atoms with Gasteiger partial charge >= 0.3 is 0 Å². The third-order valence-corrected chi connectivity index (χ3v) is 4.17. The topological polar surface area (TPSA) is 41.5 Å². The van der Waals surface area contributed by atoms with E-state index >= 15 is 0 Å². The van der Waals surface area contributed by atoms with Crippen LogP contribution in [0.3, 0.4) is 0 Å². The van der Waals surface area contributed by atoms with Gasteiger partial charge in [0.2, 0.25) is 0 Å². The van der Waals surface area contributed by atoms with E-state index in [0.29, 0.717) is 12.0 Å². The number of anilines is 1. The van der Waals surface area contributed by atoms with Crippen molar-refractivity contribution in [2.24, 2.45) is 10.9 Å². The molecule has 0 radical (unpaired) electrons. The van der Waals surface area contributed by atoms with Crippen molar-refractivity contribution in [1.82, 2.24) is 0 Å². The number of carbonyl (C=O) groups excluding carboxylic acids is 1. The van der Waals surface area contributed by atoms with Gasteiger partial charge in [-0.2, -0.15) is 0 Å². The molecule has 0 aliphatic carbocycles. The Kier molecular flexibility index (Phi) is 4.64. The Labute approximate surface area is 118 Å². The maximum atomic E-state index is 11.2. The highest BCUT2D eigenvalue weighted by atomic mass is 32.2. The lowest BCUT2D eigenvalue weighted by molar-refractivity contribution is 0.101. The number of nitrogens with one attached hydrogen (secondary N) is 1. The fourth-order valence-electron chi connectivity index (χ4n) is 1.99. The van der Waals surface area contributed by atoms with Crippen molar-refractivity contribution in [3.8, 4) is 0 Å². The van der Waals surface area contributed by atoms with E-state index in [1.54, 1.807) is 18.7 Å². The fourth-order valence-corrected chi connectivity index (χ4v) is 2.94. The Morgan fingerprint density at radius 3 is 2.63 bits per heavy atom. The van der Waals surface area contributed by atoms with Gasteiger partial charge in [-0.3, -0.25) is 9.79 Å². The first-order valence-corrected chi connectivity index (χ1v) is 7.63. The fraction of sp³-hybridized carbons (Fsp3) is 0.467. The number of thioether (sulfide) groups is 1. The van der Waals surface area contributed by atoms with Gasteiger partial charge in [0.15, 0.2) is 11.0 Å². The molecule has 19 heavy (non-hydrogen) atoms. The highest BCUT2D eigenvalue weighted by Crippen LogP contribution is 2.23. The number of hydrogen-bond acceptors (Lipinski definition) is 4. The predicted molar refractivity (Wildman–Crippen MR) is 83.2 cm³/mol. The first kappa shape index (κ1) is 14.1. The van der Waals surface area contributed by atoms with Crippen LogP contribution in [-0.4, -0.2) is 22.7 Å². The number of aliphatic imine (C=N–C) groups is 1. The molecule has 3 nitrogen and oxygen atoms in total. The lowest BCUT2D eigenvalue weighted by Gasteiger charge is -2.23. The largest absolute Gasteiger partial charge is 0.335 e. The molecule has 0 spiro atoms. The molecule has 102 valence electrons. The molecule has 0 fully saturated rings. The first-order valence-electron chi connectivity index (χ1n) is 6.65. The quantitative estimate of drug-likeness (QED) is 0.853. The van der Waals surface area contributed by atoms with Crippen LogP contribution in [0.2, 0.25) is 0 Å². The Balaban J connectivity index is 2.06. The molecule has 0 saturated heterocycles. The van der Waals surface area contributed by atoms with Crippen molar-refractivity contribution in [3.63, 3.8) is 0 Å². The van der Waals surface area contributed by atoms with Gasteiger partial charge in [0.1, 0.15) is 0 Å². The summed E-state index contributed by atoms with van der Waals surface area (Å²) in [7, 11) is 0. The summed E-state index contributed by atoms with van der Waals surface area (Å²) in [5, 5.41) is 4.32. The molecule has 2 rings (SSSR count). The number of Topliss-reactive ketones (excluding diaryl/α,β-unsaturated/α-hetero) is 1. The summed E-state index contributed by atoms with van der Waals surface area (Å²) in [4.78, 5) is 16.0. The molecule has 0 amide bonds. The second kappa shape index (κ2) is 6.24. The Morgan fingerprint density at radius 2 is 2.05 bits per heavy atom. The van der Waals surface area contributed by atoms with E-state index in [1.165, 1.54) is 0 Å². The summed E-state index contributed by atoms with van der Waals surface area (Å²) < 4.78 is 0. The summed E-state index contributed by atoms with van der Waals surface area (Å²) in [6.07, 6.45) is 1.15. The second-order valence-electron chi connectivity index (χ2n) is 5.14. The molecule has 1 aromatic rings. The van der Waals surface area contributed by atoms with Crippen LogP contribution in [0.1, 0.15) is 37.6 Å². The third-order valence-electron chi connectivity index (χ3n) is 3.25. The van der Waals surface area contributed by atoms with Gasteiger partial charge in [0.05, 0.1) is 6.04 Å². The number of benzene rings is 1. The van der Waals surface area contributed by atoms with Crippen molar-refractivity contribution in [1.29, 1.82) is 0 Å². The number of amidine groups is 1. The molecular weight excluding hydrogens is 256 g/mol. The third kappa shape index (κ3) is 3.83. The maximum Gasteiger partial charge on any atom is 0.161 e. The van der Waals surface area contributed by atoms with E-state index in [4.69, 9.17) is 4.99 Å². The van der Waals surface area contributed by atoms with Gasteiger partial charge in [0.25, 0.3) is 0 Å². The van der Waals surface area contributed by atoms with Crippen molar-refractivity contribution >= 4 is 28.4 Å². The summed E-state index contributed by atoms with van der Waals surface area (Å²) in [6, 6.07) is 7.97. The van der Waals surface area contributed by atoms with Crippen LogP contribution in [0, 0.1) is 5.92 Å². The average Bonchev–Trinajstić information content (AvgIpc) is 2.39. The zero-order valence-electron chi connectivity index (χ0n) is 11.6. The van der Waals surface area contributed by atoms with E-state index in [0.717, 1.165) is 28.6 Å². The molecule has 0 saturated carbocycles. The molecule has 1 atom stereocenters.